The summed E-state index contributed by atoms with van der Waals surface area (Å²) in [6.07, 6.45) is 2.43. The van der Waals surface area contributed by atoms with E-state index < -0.39 is 22.4 Å². The van der Waals surface area contributed by atoms with Crippen LogP contribution in [0.4, 0.5) is 4.39 Å². The van der Waals surface area contributed by atoms with Crippen LogP contribution in [0.15, 0.2) is 60.8 Å². The third-order valence-corrected chi connectivity index (χ3v) is 5.58. The van der Waals surface area contributed by atoms with Crippen LogP contribution in [0, 0.1) is 12.7 Å². The summed E-state index contributed by atoms with van der Waals surface area (Å²) in [6.45, 7) is 1.86. The van der Waals surface area contributed by atoms with Gasteiger partial charge in [0.25, 0.3) is 0 Å². The molecule has 1 aliphatic rings. The van der Waals surface area contributed by atoms with Crippen molar-refractivity contribution in [2.75, 3.05) is 0 Å². The fourth-order valence-corrected chi connectivity index (χ4v) is 4.03. The Morgan fingerprint density at radius 3 is 2.43 bits per heavy atom. The number of hydrogen-bond donors (Lipinski definition) is 1. The van der Waals surface area contributed by atoms with E-state index in [1.807, 2.05) is 19.1 Å². The highest BCUT2D eigenvalue weighted by Gasteiger charge is 2.32. The van der Waals surface area contributed by atoms with Crippen LogP contribution in [0.3, 0.4) is 0 Å². The van der Waals surface area contributed by atoms with E-state index in [0.717, 1.165) is 12.0 Å². The van der Waals surface area contributed by atoms with Crippen molar-refractivity contribution in [1.29, 1.82) is 0 Å². The fourth-order valence-electron chi connectivity index (χ4n) is 3.52. The van der Waals surface area contributed by atoms with Gasteiger partial charge in [-0.15, -0.1) is 0 Å². The van der Waals surface area contributed by atoms with E-state index in [-0.39, 0.29) is 5.75 Å². The van der Waals surface area contributed by atoms with Crippen LogP contribution >= 0.6 is 0 Å². The Balaban J connectivity index is 1.91. The fraction of sp³-hybridized carbons (Fsp3) is 0.130. The average Bonchev–Trinajstić information content (AvgIpc) is 2.73. The number of carbonyl (C=O) groups excluding carboxylic acids is 1. The SMILES string of the molecule is Cc1ccc(C2=C(c3ccc(C[SH](=O)=O)cc3)Oc3ccc(F)cc3C2C=O)cn1. The molecule has 4 rings (SSSR count). The number of ether oxygens (including phenoxy) is 1. The van der Waals surface area contributed by atoms with E-state index in [4.69, 9.17) is 4.74 Å². The zero-order valence-electron chi connectivity index (χ0n) is 16.0. The Morgan fingerprint density at radius 1 is 1.07 bits per heavy atom. The zero-order valence-corrected chi connectivity index (χ0v) is 16.9. The van der Waals surface area contributed by atoms with Crippen molar-refractivity contribution in [3.63, 3.8) is 0 Å². The molecule has 0 N–H and O–H groups in total. The molecule has 0 saturated carbocycles. The number of rotatable bonds is 5. The molecule has 2 aromatic carbocycles. The van der Waals surface area contributed by atoms with Crippen molar-refractivity contribution in [2.45, 2.75) is 18.6 Å². The number of hydrogen-bond acceptors (Lipinski definition) is 5. The van der Waals surface area contributed by atoms with Gasteiger partial charge in [-0.05, 0) is 36.8 Å². The minimum absolute atomic E-state index is 0.0523. The molecule has 0 spiro atoms. The Labute approximate surface area is 174 Å². The number of thiol groups is 1. The second kappa shape index (κ2) is 8.20. The van der Waals surface area contributed by atoms with E-state index in [1.165, 1.54) is 18.2 Å². The maximum atomic E-state index is 13.9. The van der Waals surface area contributed by atoms with Gasteiger partial charge in [0.05, 0.1) is 11.7 Å². The first-order valence-electron chi connectivity index (χ1n) is 9.27. The summed E-state index contributed by atoms with van der Waals surface area (Å²) in [5, 5.41) is 0. The van der Waals surface area contributed by atoms with Gasteiger partial charge in [0.2, 0.25) is 0 Å². The zero-order chi connectivity index (χ0) is 21.3. The molecule has 3 aromatic rings. The summed E-state index contributed by atoms with van der Waals surface area (Å²) in [7, 11) is -2.53. The van der Waals surface area contributed by atoms with Gasteiger partial charge in [0.1, 0.15) is 34.3 Å². The molecular formula is C23H18FNO4S. The van der Waals surface area contributed by atoms with Crippen LogP contribution < -0.4 is 4.74 Å². The van der Waals surface area contributed by atoms with Crippen LogP contribution in [-0.4, -0.2) is 19.7 Å². The standard InChI is InChI=1S/C23H18FNO4S/c1-14-2-5-17(11-25-14)22-20(12-26)19-10-18(24)8-9-21(19)29-23(22)16-6-3-15(4-7-16)13-30(27)28/h2-12,20,30H,13H2,1H3. The van der Waals surface area contributed by atoms with Crippen molar-refractivity contribution in [3.8, 4) is 5.75 Å². The van der Waals surface area contributed by atoms with Crippen molar-refractivity contribution in [2.24, 2.45) is 0 Å². The summed E-state index contributed by atoms with van der Waals surface area (Å²) >= 11 is 0. The van der Waals surface area contributed by atoms with Crippen molar-refractivity contribution >= 4 is 28.3 Å². The molecule has 2 heterocycles. The van der Waals surface area contributed by atoms with E-state index in [1.54, 1.807) is 30.5 Å². The maximum Gasteiger partial charge on any atom is 0.144 e. The van der Waals surface area contributed by atoms with Gasteiger partial charge in [0.15, 0.2) is 0 Å². The van der Waals surface area contributed by atoms with Crippen molar-refractivity contribution in [1.82, 2.24) is 4.98 Å². The third kappa shape index (κ3) is 3.89. The van der Waals surface area contributed by atoms with Crippen LogP contribution in [0.5, 0.6) is 5.75 Å². The molecular weight excluding hydrogens is 405 g/mol. The molecule has 5 nitrogen and oxygen atoms in total. The minimum atomic E-state index is -2.53. The summed E-state index contributed by atoms with van der Waals surface area (Å²) in [6, 6.07) is 14.7. The van der Waals surface area contributed by atoms with Crippen LogP contribution in [0.2, 0.25) is 0 Å². The number of allylic oxidation sites excluding steroid dienone is 1. The lowest BCUT2D eigenvalue weighted by atomic mass is 9.83. The number of aldehydes is 1. The monoisotopic (exact) mass is 423 g/mol. The maximum absolute atomic E-state index is 13.9. The molecule has 1 unspecified atom stereocenters. The number of benzene rings is 2. The third-order valence-electron chi connectivity index (χ3n) is 4.96. The van der Waals surface area contributed by atoms with Crippen molar-refractivity contribution in [3.05, 3.63) is 94.6 Å². The summed E-state index contributed by atoms with van der Waals surface area (Å²) in [5.74, 6) is -0.387. The molecule has 7 heteroatoms. The smallest absolute Gasteiger partial charge is 0.144 e. The van der Waals surface area contributed by atoms with Gasteiger partial charge in [0, 0.05) is 34.2 Å². The molecule has 30 heavy (non-hydrogen) atoms. The Hall–Kier alpha value is -3.32. The van der Waals surface area contributed by atoms with Gasteiger partial charge < -0.3 is 9.53 Å². The highest BCUT2D eigenvalue weighted by Crippen LogP contribution is 2.46. The lowest BCUT2D eigenvalue weighted by molar-refractivity contribution is -0.108. The number of fused-ring (bicyclic) bond motifs is 1. The van der Waals surface area contributed by atoms with Gasteiger partial charge in [-0.2, -0.15) is 0 Å². The van der Waals surface area contributed by atoms with E-state index in [9.17, 15) is 17.6 Å². The van der Waals surface area contributed by atoms with Crippen molar-refractivity contribution < 1.29 is 22.3 Å². The topological polar surface area (TPSA) is 73.3 Å². The lowest BCUT2D eigenvalue weighted by Crippen LogP contribution is -2.16. The van der Waals surface area contributed by atoms with E-state index >= 15 is 0 Å². The first-order valence-corrected chi connectivity index (χ1v) is 10.6. The van der Waals surface area contributed by atoms with Crippen LogP contribution in [0.1, 0.15) is 33.9 Å². The lowest BCUT2D eigenvalue weighted by Gasteiger charge is -2.28. The van der Waals surface area contributed by atoms with Gasteiger partial charge in [-0.3, -0.25) is 4.98 Å². The second-order valence-electron chi connectivity index (χ2n) is 7.02. The van der Waals surface area contributed by atoms with Gasteiger partial charge in [-0.1, -0.05) is 30.3 Å². The van der Waals surface area contributed by atoms with E-state index in [0.29, 0.717) is 39.3 Å². The number of carbonyl (C=O) groups is 1. The number of nitrogens with zero attached hydrogens (tertiary/aromatic N) is 1. The Bertz CT molecular complexity index is 1210. The number of aryl methyl sites for hydroxylation is 1. The Morgan fingerprint density at radius 2 is 1.80 bits per heavy atom. The van der Waals surface area contributed by atoms with Crippen LogP contribution in [-0.2, 0) is 21.3 Å². The summed E-state index contributed by atoms with van der Waals surface area (Å²) in [4.78, 5) is 16.5. The molecule has 0 fully saturated rings. The van der Waals surface area contributed by atoms with Gasteiger partial charge >= 0.3 is 0 Å². The second-order valence-corrected chi connectivity index (χ2v) is 8.00. The molecule has 0 bridgehead atoms. The predicted molar refractivity (Wildman–Crippen MR) is 112 cm³/mol. The average molecular weight is 423 g/mol. The summed E-state index contributed by atoms with van der Waals surface area (Å²) < 4.78 is 42.0. The molecule has 0 amide bonds. The highest BCUT2D eigenvalue weighted by molar-refractivity contribution is 7.71. The largest absolute Gasteiger partial charge is 0.456 e. The minimum Gasteiger partial charge on any atom is -0.456 e. The van der Waals surface area contributed by atoms with Crippen LogP contribution in [0.25, 0.3) is 11.3 Å². The van der Waals surface area contributed by atoms with E-state index in [2.05, 4.69) is 4.98 Å². The Kier molecular flexibility index (Phi) is 5.46. The summed E-state index contributed by atoms with van der Waals surface area (Å²) in [5.41, 5.74) is 3.87. The molecule has 1 atom stereocenters. The number of pyridine rings is 1. The molecule has 1 aliphatic heterocycles. The quantitative estimate of drug-likeness (QED) is 0.498. The normalized spacial score (nSPS) is 15.6. The first kappa shape index (κ1) is 20.0. The highest BCUT2D eigenvalue weighted by atomic mass is 32.2. The molecule has 0 saturated heterocycles. The molecule has 0 radical (unpaired) electrons. The number of halogens is 1. The molecule has 0 aliphatic carbocycles. The molecule has 152 valence electrons. The predicted octanol–water partition coefficient (Wildman–Crippen LogP) is 3.88. The number of aromatic nitrogens is 1. The molecule has 1 aromatic heterocycles. The first-order chi connectivity index (χ1) is 14.5. The van der Waals surface area contributed by atoms with Gasteiger partial charge in [-0.25, -0.2) is 12.8 Å².